The van der Waals surface area contributed by atoms with E-state index in [2.05, 4.69) is 67.9 Å². The lowest BCUT2D eigenvalue weighted by Gasteiger charge is -2.06. The molecule has 0 unspecified atom stereocenters. The van der Waals surface area contributed by atoms with Crippen LogP contribution in [0.25, 0.3) is 0 Å². The van der Waals surface area contributed by atoms with E-state index in [9.17, 15) is 0 Å². The summed E-state index contributed by atoms with van der Waals surface area (Å²) in [5, 5.41) is 0. The van der Waals surface area contributed by atoms with Gasteiger partial charge in [-0.2, -0.15) is 4.57 Å². The topological polar surface area (TPSA) is 3.88 Å². The molecule has 0 saturated carbocycles. The minimum absolute atomic E-state index is 0.978. The summed E-state index contributed by atoms with van der Waals surface area (Å²) in [6.07, 6.45) is 19.8. The van der Waals surface area contributed by atoms with E-state index in [1.807, 2.05) is 0 Å². The Morgan fingerprint density at radius 2 is 1.17 bits per heavy atom. The molecule has 160 valence electrons. The Kier molecular flexibility index (Phi) is 11.7. The maximum atomic E-state index is 2.40. The molecular formula is C28H44N+. The summed E-state index contributed by atoms with van der Waals surface area (Å²) in [7, 11) is 0. The Labute approximate surface area is 180 Å². The van der Waals surface area contributed by atoms with Crippen LogP contribution in [0.15, 0.2) is 42.6 Å². The van der Waals surface area contributed by atoms with Crippen LogP contribution in [0.3, 0.4) is 0 Å². The molecule has 0 bridgehead atoms. The number of hydrogen-bond donors (Lipinski definition) is 0. The molecule has 0 amide bonds. The molecule has 0 aliphatic carbocycles. The highest BCUT2D eigenvalue weighted by Gasteiger charge is 2.10. The van der Waals surface area contributed by atoms with Gasteiger partial charge in [0.25, 0.3) is 0 Å². The van der Waals surface area contributed by atoms with Gasteiger partial charge in [0.1, 0.15) is 0 Å². The fraction of sp³-hybridized carbons (Fsp3) is 0.607. The number of rotatable bonds is 15. The van der Waals surface area contributed by atoms with Crippen molar-refractivity contribution in [1.82, 2.24) is 0 Å². The van der Waals surface area contributed by atoms with E-state index in [1.165, 1.54) is 93.0 Å². The first kappa shape index (κ1) is 23.6. The van der Waals surface area contributed by atoms with Gasteiger partial charge in [0.2, 0.25) is 0 Å². The number of nitrogens with zero attached hydrogens (tertiary/aromatic N) is 1. The van der Waals surface area contributed by atoms with Crippen molar-refractivity contribution in [3.05, 3.63) is 65.0 Å². The van der Waals surface area contributed by atoms with E-state index < -0.39 is 0 Å². The molecule has 1 heterocycles. The molecule has 1 heteroatoms. The molecule has 2 rings (SSSR count). The van der Waals surface area contributed by atoms with Gasteiger partial charge in [-0.3, -0.25) is 0 Å². The predicted octanol–water partition coefficient (Wildman–Crippen LogP) is 7.61. The van der Waals surface area contributed by atoms with E-state index in [-0.39, 0.29) is 0 Å². The van der Waals surface area contributed by atoms with Crippen LogP contribution in [-0.2, 0) is 25.8 Å². The van der Waals surface area contributed by atoms with Gasteiger partial charge in [0.15, 0.2) is 18.4 Å². The van der Waals surface area contributed by atoms with Crippen LogP contribution in [0.4, 0.5) is 0 Å². The van der Waals surface area contributed by atoms with Crippen molar-refractivity contribution < 1.29 is 4.57 Å². The monoisotopic (exact) mass is 394 g/mol. The molecule has 29 heavy (non-hydrogen) atoms. The van der Waals surface area contributed by atoms with Crippen molar-refractivity contribution >= 4 is 0 Å². The fourth-order valence-corrected chi connectivity index (χ4v) is 4.13. The molecule has 0 aliphatic heterocycles. The zero-order valence-corrected chi connectivity index (χ0v) is 19.4. The van der Waals surface area contributed by atoms with Crippen LogP contribution in [0.2, 0.25) is 0 Å². The average molecular weight is 395 g/mol. The Morgan fingerprint density at radius 1 is 0.586 bits per heavy atom. The highest BCUT2D eigenvalue weighted by atomic mass is 14.9. The van der Waals surface area contributed by atoms with Gasteiger partial charge in [-0.25, -0.2) is 0 Å². The van der Waals surface area contributed by atoms with Crippen molar-refractivity contribution in [2.45, 2.75) is 111 Å². The summed E-state index contributed by atoms with van der Waals surface area (Å²) in [5.41, 5.74) is 5.76. The lowest BCUT2D eigenvalue weighted by molar-refractivity contribution is -0.695. The minimum atomic E-state index is 0.978. The highest BCUT2D eigenvalue weighted by molar-refractivity contribution is 5.22. The molecule has 0 radical (unpaired) electrons. The van der Waals surface area contributed by atoms with Crippen molar-refractivity contribution in [1.29, 1.82) is 0 Å². The second-order valence-electron chi connectivity index (χ2n) is 8.61. The molecule has 0 fully saturated rings. The standard InChI is InChI=1S/C28H44N/c1-4-7-8-9-10-11-12-13-14-15-16-26-17-19-27(20-18-26)24-29-22-21-25(5-2)23-28(29)6-3/h17-23H,4-16,24H2,1-3H3/q+1. The molecule has 0 aliphatic rings. The number of aryl methyl sites for hydroxylation is 3. The van der Waals surface area contributed by atoms with Crippen LogP contribution in [0.1, 0.15) is 107 Å². The SMILES string of the molecule is CCCCCCCCCCCCc1ccc(C[n+]2ccc(CC)cc2CC)cc1. The van der Waals surface area contributed by atoms with Crippen LogP contribution < -0.4 is 4.57 Å². The van der Waals surface area contributed by atoms with Gasteiger partial charge < -0.3 is 0 Å². The molecular weight excluding hydrogens is 350 g/mol. The van der Waals surface area contributed by atoms with Gasteiger partial charge in [-0.05, 0) is 30.4 Å². The molecule has 1 nitrogen and oxygen atoms in total. The van der Waals surface area contributed by atoms with E-state index in [0.29, 0.717) is 0 Å². The summed E-state index contributed by atoms with van der Waals surface area (Å²) in [6, 6.07) is 14.0. The van der Waals surface area contributed by atoms with Crippen LogP contribution in [-0.4, -0.2) is 0 Å². The maximum Gasteiger partial charge on any atom is 0.181 e. The predicted molar refractivity (Wildman–Crippen MR) is 126 cm³/mol. The van der Waals surface area contributed by atoms with E-state index >= 15 is 0 Å². The lowest BCUT2D eigenvalue weighted by Crippen LogP contribution is -2.38. The van der Waals surface area contributed by atoms with Crippen molar-refractivity contribution in [3.8, 4) is 0 Å². The number of aromatic nitrogens is 1. The second-order valence-corrected chi connectivity index (χ2v) is 8.61. The van der Waals surface area contributed by atoms with Crippen molar-refractivity contribution in [2.75, 3.05) is 0 Å². The van der Waals surface area contributed by atoms with Gasteiger partial charge in [-0.15, -0.1) is 0 Å². The number of pyridine rings is 1. The minimum Gasteiger partial charge on any atom is -0.198 e. The molecule has 0 atom stereocenters. The Bertz CT molecular complexity index is 671. The third-order valence-corrected chi connectivity index (χ3v) is 6.15. The van der Waals surface area contributed by atoms with Crippen molar-refractivity contribution in [2.24, 2.45) is 0 Å². The lowest BCUT2D eigenvalue weighted by atomic mass is 10.0. The summed E-state index contributed by atoms with van der Waals surface area (Å²) in [6.45, 7) is 7.75. The second kappa shape index (κ2) is 14.4. The molecule has 0 N–H and O–H groups in total. The summed E-state index contributed by atoms with van der Waals surface area (Å²) >= 11 is 0. The van der Waals surface area contributed by atoms with E-state index in [1.54, 1.807) is 0 Å². The van der Waals surface area contributed by atoms with E-state index in [4.69, 9.17) is 0 Å². The van der Waals surface area contributed by atoms with Crippen LogP contribution in [0, 0.1) is 0 Å². The Morgan fingerprint density at radius 3 is 1.76 bits per heavy atom. The zero-order chi connectivity index (χ0) is 20.7. The van der Waals surface area contributed by atoms with Gasteiger partial charge in [0.05, 0.1) is 0 Å². The first-order valence-electron chi connectivity index (χ1n) is 12.4. The quantitative estimate of drug-likeness (QED) is 0.216. The summed E-state index contributed by atoms with van der Waals surface area (Å²) < 4.78 is 2.40. The van der Waals surface area contributed by atoms with Crippen molar-refractivity contribution in [3.63, 3.8) is 0 Å². The normalized spacial score (nSPS) is 11.1. The molecule has 0 spiro atoms. The Balaban J connectivity index is 1.66. The third kappa shape index (κ3) is 9.15. The summed E-state index contributed by atoms with van der Waals surface area (Å²) in [4.78, 5) is 0. The first-order valence-corrected chi connectivity index (χ1v) is 12.4. The smallest absolute Gasteiger partial charge is 0.181 e. The maximum absolute atomic E-state index is 2.40. The van der Waals surface area contributed by atoms with Crippen LogP contribution >= 0.6 is 0 Å². The highest BCUT2D eigenvalue weighted by Crippen LogP contribution is 2.13. The molecule has 1 aromatic heterocycles. The largest absolute Gasteiger partial charge is 0.198 e. The van der Waals surface area contributed by atoms with Gasteiger partial charge in [-0.1, -0.05) is 103 Å². The number of hydrogen-bond acceptors (Lipinski definition) is 0. The van der Waals surface area contributed by atoms with Crippen LogP contribution in [0.5, 0.6) is 0 Å². The number of benzene rings is 1. The molecule has 1 aromatic carbocycles. The Hall–Kier alpha value is -1.63. The van der Waals surface area contributed by atoms with Gasteiger partial charge >= 0.3 is 0 Å². The summed E-state index contributed by atoms with van der Waals surface area (Å²) in [5.74, 6) is 0. The average Bonchev–Trinajstić information content (AvgIpc) is 2.76. The fourth-order valence-electron chi connectivity index (χ4n) is 4.13. The zero-order valence-electron chi connectivity index (χ0n) is 19.4. The number of unbranched alkanes of at least 4 members (excludes halogenated alkanes) is 9. The van der Waals surface area contributed by atoms with Gasteiger partial charge in [0, 0.05) is 24.1 Å². The molecule has 2 aromatic rings. The first-order chi connectivity index (χ1) is 14.3. The third-order valence-electron chi connectivity index (χ3n) is 6.15. The molecule has 0 saturated heterocycles. The van der Waals surface area contributed by atoms with E-state index in [0.717, 1.165) is 19.4 Å².